The van der Waals surface area contributed by atoms with E-state index in [1.165, 1.54) is 24.3 Å². The molecule has 1 aromatic heterocycles. The summed E-state index contributed by atoms with van der Waals surface area (Å²) in [6, 6.07) is 12.4. The number of rotatable bonds is 11. The number of carbonyl (C=O) groups excluding carboxylic acids is 1. The van der Waals surface area contributed by atoms with Gasteiger partial charge < -0.3 is 23.4 Å². The van der Waals surface area contributed by atoms with E-state index in [9.17, 15) is 18.0 Å². The van der Waals surface area contributed by atoms with Crippen molar-refractivity contribution in [2.24, 2.45) is 0 Å². The predicted molar refractivity (Wildman–Crippen MR) is 123 cm³/mol. The van der Waals surface area contributed by atoms with Crippen LogP contribution in [0.2, 0.25) is 0 Å². The molecule has 0 aliphatic rings. The standard InChI is InChI=1S/C24H23BrF3NO6/c1-3-31-19(23(30)32-4-2)13-15-5-9-17(10-6-15)33-14-20-29-22(25)21(34-20)16-7-11-18(12-8-16)35-24(26,27)28/h5-12,19H,3-4,13-14H2,1-2H3. The van der Waals surface area contributed by atoms with Crippen LogP contribution in [-0.2, 0) is 27.3 Å². The molecular weight excluding hydrogens is 535 g/mol. The smallest absolute Gasteiger partial charge is 0.484 e. The van der Waals surface area contributed by atoms with E-state index in [-0.39, 0.29) is 24.9 Å². The number of hydrogen-bond acceptors (Lipinski definition) is 7. The third-order valence-corrected chi connectivity index (χ3v) is 5.14. The number of esters is 1. The van der Waals surface area contributed by atoms with Gasteiger partial charge >= 0.3 is 12.3 Å². The fourth-order valence-electron chi connectivity index (χ4n) is 3.12. The molecule has 2 aromatic carbocycles. The number of aromatic nitrogens is 1. The van der Waals surface area contributed by atoms with Gasteiger partial charge in [0.2, 0.25) is 5.89 Å². The first kappa shape index (κ1) is 26.6. The largest absolute Gasteiger partial charge is 0.573 e. The van der Waals surface area contributed by atoms with E-state index in [0.29, 0.717) is 34.7 Å². The average molecular weight is 558 g/mol. The summed E-state index contributed by atoms with van der Waals surface area (Å²) in [5, 5.41) is 0. The second kappa shape index (κ2) is 12.1. The Morgan fingerprint density at radius 3 is 2.29 bits per heavy atom. The van der Waals surface area contributed by atoms with Crippen LogP contribution < -0.4 is 9.47 Å². The minimum atomic E-state index is -4.76. The Kier molecular flexibility index (Phi) is 9.16. The lowest BCUT2D eigenvalue weighted by Crippen LogP contribution is -2.28. The molecule has 11 heteroatoms. The summed E-state index contributed by atoms with van der Waals surface area (Å²) in [6.45, 7) is 4.26. The van der Waals surface area contributed by atoms with E-state index in [1.807, 2.05) is 19.1 Å². The molecule has 188 valence electrons. The topological polar surface area (TPSA) is 80.0 Å². The summed E-state index contributed by atoms with van der Waals surface area (Å²) < 4.78 is 63.2. The number of oxazole rings is 1. The van der Waals surface area contributed by atoms with Crippen molar-refractivity contribution in [1.29, 1.82) is 0 Å². The van der Waals surface area contributed by atoms with E-state index in [1.54, 1.807) is 19.1 Å². The Labute approximate surface area is 208 Å². The van der Waals surface area contributed by atoms with Crippen LogP contribution in [0, 0.1) is 0 Å². The van der Waals surface area contributed by atoms with Gasteiger partial charge in [-0.2, -0.15) is 0 Å². The molecule has 0 saturated carbocycles. The van der Waals surface area contributed by atoms with Gasteiger partial charge in [-0.25, -0.2) is 9.78 Å². The molecule has 1 unspecified atom stereocenters. The molecule has 0 N–H and O–H groups in total. The zero-order valence-corrected chi connectivity index (χ0v) is 20.5. The maximum atomic E-state index is 12.3. The van der Waals surface area contributed by atoms with Gasteiger partial charge in [0.1, 0.15) is 11.5 Å². The van der Waals surface area contributed by atoms with Crippen molar-refractivity contribution in [3.63, 3.8) is 0 Å². The Hall–Kier alpha value is -3.05. The van der Waals surface area contributed by atoms with Gasteiger partial charge in [-0.05, 0) is 71.7 Å². The summed E-state index contributed by atoms with van der Waals surface area (Å²) >= 11 is 3.29. The highest BCUT2D eigenvalue weighted by molar-refractivity contribution is 9.10. The SMILES string of the molecule is CCOC(=O)C(Cc1ccc(OCc2nc(Br)c(-c3ccc(OC(F)(F)F)cc3)o2)cc1)OCC. The summed E-state index contributed by atoms with van der Waals surface area (Å²) in [4.78, 5) is 16.3. The van der Waals surface area contributed by atoms with E-state index in [2.05, 4.69) is 25.7 Å². The monoisotopic (exact) mass is 557 g/mol. The van der Waals surface area contributed by atoms with Gasteiger partial charge in [0.15, 0.2) is 23.1 Å². The highest BCUT2D eigenvalue weighted by atomic mass is 79.9. The van der Waals surface area contributed by atoms with Crippen LogP contribution in [0.3, 0.4) is 0 Å². The minimum Gasteiger partial charge on any atom is -0.484 e. The molecule has 0 bridgehead atoms. The van der Waals surface area contributed by atoms with Gasteiger partial charge in [0, 0.05) is 18.6 Å². The number of alkyl halides is 3. The van der Waals surface area contributed by atoms with Crippen molar-refractivity contribution >= 4 is 21.9 Å². The summed E-state index contributed by atoms with van der Waals surface area (Å²) in [7, 11) is 0. The summed E-state index contributed by atoms with van der Waals surface area (Å²) in [5.41, 5.74) is 1.39. The molecule has 0 aliphatic carbocycles. The van der Waals surface area contributed by atoms with Crippen molar-refractivity contribution in [2.45, 2.75) is 39.3 Å². The third-order valence-electron chi connectivity index (χ3n) is 4.60. The Bertz CT molecular complexity index is 1100. The minimum absolute atomic E-state index is 0.0254. The first-order chi connectivity index (χ1) is 16.7. The highest BCUT2D eigenvalue weighted by Gasteiger charge is 2.31. The van der Waals surface area contributed by atoms with E-state index in [0.717, 1.165) is 5.56 Å². The van der Waals surface area contributed by atoms with Crippen LogP contribution >= 0.6 is 15.9 Å². The van der Waals surface area contributed by atoms with Crippen molar-refractivity contribution in [3.05, 3.63) is 64.6 Å². The molecule has 3 rings (SSSR count). The molecule has 0 saturated heterocycles. The molecule has 35 heavy (non-hydrogen) atoms. The lowest BCUT2D eigenvalue weighted by molar-refractivity contribution is -0.274. The first-order valence-electron chi connectivity index (χ1n) is 10.7. The Morgan fingerprint density at radius 1 is 1.03 bits per heavy atom. The zero-order chi connectivity index (χ0) is 25.4. The molecular formula is C24H23BrF3NO6. The van der Waals surface area contributed by atoms with Gasteiger partial charge in [-0.1, -0.05) is 12.1 Å². The number of ether oxygens (including phenoxy) is 4. The van der Waals surface area contributed by atoms with Gasteiger partial charge in [0.25, 0.3) is 0 Å². The molecule has 1 heterocycles. The fraction of sp³-hybridized carbons (Fsp3) is 0.333. The van der Waals surface area contributed by atoms with Crippen LogP contribution in [-0.4, -0.2) is 36.6 Å². The molecule has 0 radical (unpaired) electrons. The average Bonchev–Trinajstić information content (AvgIpc) is 3.18. The molecule has 0 amide bonds. The lowest BCUT2D eigenvalue weighted by Gasteiger charge is -2.15. The summed E-state index contributed by atoms with van der Waals surface area (Å²) in [5.74, 6) is 0.437. The van der Waals surface area contributed by atoms with Crippen molar-refractivity contribution in [1.82, 2.24) is 4.98 Å². The Morgan fingerprint density at radius 2 is 1.69 bits per heavy atom. The zero-order valence-electron chi connectivity index (χ0n) is 18.9. The van der Waals surface area contributed by atoms with Crippen molar-refractivity contribution in [3.8, 4) is 22.8 Å². The van der Waals surface area contributed by atoms with Crippen LogP contribution in [0.25, 0.3) is 11.3 Å². The normalized spacial score (nSPS) is 12.3. The van der Waals surface area contributed by atoms with Crippen LogP contribution in [0.1, 0.15) is 25.3 Å². The Balaban J connectivity index is 1.59. The third kappa shape index (κ3) is 8.00. The van der Waals surface area contributed by atoms with Crippen LogP contribution in [0.5, 0.6) is 11.5 Å². The lowest BCUT2D eigenvalue weighted by atomic mass is 10.1. The number of halogens is 4. The van der Waals surface area contributed by atoms with Crippen LogP contribution in [0.15, 0.2) is 57.6 Å². The van der Waals surface area contributed by atoms with E-state index >= 15 is 0 Å². The predicted octanol–water partition coefficient (Wildman–Crippen LogP) is 6.09. The van der Waals surface area contributed by atoms with Crippen molar-refractivity contribution in [2.75, 3.05) is 13.2 Å². The summed E-state index contributed by atoms with van der Waals surface area (Å²) in [6.07, 6.45) is -5.07. The van der Waals surface area contributed by atoms with E-state index < -0.39 is 18.4 Å². The maximum absolute atomic E-state index is 12.3. The fourth-order valence-corrected chi connectivity index (χ4v) is 3.63. The molecule has 0 fully saturated rings. The van der Waals surface area contributed by atoms with Gasteiger partial charge in [-0.3, -0.25) is 0 Å². The first-order valence-corrected chi connectivity index (χ1v) is 11.5. The number of nitrogens with zero attached hydrogens (tertiary/aromatic N) is 1. The molecule has 7 nitrogen and oxygen atoms in total. The van der Waals surface area contributed by atoms with Gasteiger partial charge in [-0.15, -0.1) is 13.2 Å². The van der Waals surface area contributed by atoms with E-state index in [4.69, 9.17) is 18.6 Å². The van der Waals surface area contributed by atoms with Crippen molar-refractivity contribution < 1.29 is 41.3 Å². The molecule has 0 aliphatic heterocycles. The highest BCUT2D eigenvalue weighted by Crippen LogP contribution is 2.32. The quantitative estimate of drug-likeness (QED) is 0.264. The molecule has 1 atom stereocenters. The molecule has 0 spiro atoms. The second-order valence-corrected chi connectivity index (χ2v) is 7.88. The second-order valence-electron chi connectivity index (χ2n) is 7.13. The number of benzene rings is 2. The number of hydrogen-bond donors (Lipinski definition) is 0. The van der Waals surface area contributed by atoms with Gasteiger partial charge in [0.05, 0.1) is 6.61 Å². The maximum Gasteiger partial charge on any atom is 0.573 e. The number of carbonyl (C=O) groups is 1. The molecule has 3 aromatic rings. The van der Waals surface area contributed by atoms with Crippen LogP contribution in [0.4, 0.5) is 13.2 Å².